The minimum atomic E-state index is -0.380. The first kappa shape index (κ1) is 15.0. The van der Waals surface area contributed by atoms with Crippen LogP contribution >= 0.6 is 34.8 Å². The zero-order valence-electron chi connectivity index (χ0n) is 10.3. The molecule has 104 valence electrons. The van der Waals surface area contributed by atoms with Gasteiger partial charge in [0.1, 0.15) is 0 Å². The van der Waals surface area contributed by atoms with E-state index in [1.165, 1.54) is 0 Å². The summed E-state index contributed by atoms with van der Waals surface area (Å²) in [6.45, 7) is 0.380. The van der Waals surface area contributed by atoms with Gasteiger partial charge < -0.3 is 10.6 Å². The SMILES string of the molecule is O=C(NCc1ccc(Cl)cc1)Nc1c(Cl)cccc1Cl. The first-order valence-electron chi connectivity index (χ1n) is 5.79. The van der Waals surface area contributed by atoms with Crippen LogP contribution in [0, 0.1) is 0 Å². The molecule has 2 aromatic carbocycles. The number of urea groups is 1. The molecule has 0 saturated carbocycles. The van der Waals surface area contributed by atoms with Crippen molar-refractivity contribution in [3.63, 3.8) is 0 Å². The number of nitrogens with one attached hydrogen (secondary N) is 2. The van der Waals surface area contributed by atoms with E-state index in [1.807, 2.05) is 12.1 Å². The third-order valence-electron chi connectivity index (χ3n) is 2.57. The van der Waals surface area contributed by atoms with Crippen molar-refractivity contribution in [2.24, 2.45) is 0 Å². The van der Waals surface area contributed by atoms with Gasteiger partial charge in [-0.2, -0.15) is 0 Å². The molecule has 0 radical (unpaired) electrons. The van der Waals surface area contributed by atoms with Crippen molar-refractivity contribution in [3.05, 3.63) is 63.1 Å². The number of hydrogen-bond acceptors (Lipinski definition) is 1. The molecular weight excluding hydrogens is 319 g/mol. The van der Waals surface area contributed by atoms with Gasteiger partial charge in [-0.3, -0.25) is 0 Å². The summed E-state index contributed by atoms with van der Waals surface area (Å²) >= 11 is 17.7. The molecule has 0 bridgehead atoms. The summed E-state index contributed by atoms with van der Waals surface area (Å²) in [7, 11) is 0. The largest absolute Gasteiger partial charge is 0.334 e. The van der Waals surface area contributed by atoms with Crippen LogP contribution in [0.2, 0.25) is 15.1 Å². The van der Waals surface area contributed by atoms with Crippen molar-refractivity contribution in [1.82, 2.24) is 5.32 Å². The van der Waals surface area contributed by atoms with E-state index in [4.69, 9.17) is 34.8 Å². The van der Waals surface area contributed by atoms with Crippen LogP contribution in [0.1, 0.15) is 5.56 Å². The van der Waals surface area contributed by atoms with E-state index in [0.717, 1.165) is 5.56 Å². The van der Waals surface area contributed by atoms with Gasteiger partial charge in [0.05, 0.1) is 15.7 Å². The molecule has 2 amide bonds. The van der Waals surface area contributed by atoms with E-state index < -0.39 is 0 Å². The summed E-state index contributed by atoms with van der Waals surface area (Å²) in [4.78, 5) is 11.8. The lowest BCUT2D eigenvalue weighted by Crippen LogP contribution is -2.28. The van der Waals surface area contributed by atoms with E-state index in [-0.39, 0.29) is 6.03 Å². The first-order chi connectivity index (χ1) is 9.56. The molecule has 0 atom stereocenters. The molecule has 20 heavy (non-hydrogen) atoms. The fraction of sp³-hybridized carbons (Fsp3) is 0.0714. The third-order valence-corrected chi connectivity index (χ3v) is 3.45. The van der Waals surface area contributed by atoms with Gasteiger partial charge in [-0.05, 0) is 29.8 Å². The monoisotopic (exact) mass is 328 g/mol. The minimum absolute atomic E-state index is 0.380. The molecule has 0 aliphatic rings. The molecule has 0 aromatic heterocycles. The summed E-state index contributed by atoms with van der Waals surface area (Å²) in [5.41, 5.74) is 1.33. The quantitative estimate of drug-likeness (QED) is 0.820. The Bertz CT molecular complexity index is 594. The number of amides is 2. The first-order valence-corrected chi connectivity index (χ1v) is 6.93. The van der Waals surface area contributed by atoms with E-state index >= 15 is 0 Å². The van der Waals surface area contributed by atoms with Gasteiger partial charge in [0, 0.05) is 11.6 Å². The van der Waals surface area contributed by atoms with Crippen LogP contribution in [0.5, 0.6) is 0 Å². The lowest BCUT2D eigenvalue weighted by Gasteiger charge is -2.10. The van der Waals surface area contributed by atoms with Crippen LogP contribution in [0.3, 0.4) is 0 Å². The highest BCUT2D eigenvalue weighted by atomic mass is 35.5. The number of rotatable bonds is 3. The van der Waals surface area contributed by atoms with Crippen LogP contribution in [0.25, 0.3) is 0 Å². The summed E-state index contributed by atoms with van der Waals surface area (Å²) in [5.74, 6) is 0. The van der Waals surface area contributed by atoms with E-state index in [9.17, 15) is 4.79 Å². The number of hydrogen-bond donors (Lipinski definition) is 2. The maximum absolute atomic E-state index is 11.8. The molecular formula is C14H11Cl3N2O. The Balaban J connectivity index is 1.94. The van der Waals surface area contributed by atoms with Gasteiger partial charge in [-0.1, -0.05) is 53.0 Å². The fourth-order valence-electron chi connectivity index (χ4n) is 1.56. The van der Waals surface area contributed by atoms with Crippen molar-refractivity contribution < 1.29 is 4.79 Å². The number of carbonyl (C=O) groups excluding carboxylic acids is 1. The molecule has 0 saturated heterocycles. The maximum Gasteiger partial charge on any atom is 0.319 e. The second kappa shape index (κ2) is 6.84. The zero-order valence-corrected chi connectivity index (χ0v) is 12.6. The predicted octanol–water partition coefficient (Wildman–Crippen LogP) is 4.97. The second-order valence-electron chi connectivity index (χ2n) is 4.03. The summed E-state index contributed by atoms with van der Waals surface area (Å²) < 4.78 is 0. The molecule has 0 spiro atoms. The number of benzene rings is 2. The number of anilines is 1. The standard InChI is InChI=1S/C14H11Cl3N2O/c15-10-6-4-9(5-7-10)8-18-14(20)19-13-11(16)2-1-3-12(13)17/h1-7H,8H2,(H2,18,19,20). The lowest BCUT2D eigenvalue weighted by atomic mass is 10.2. The molecule has 0 aliphatic heterocycles. The van der Waals surface area contributed by atoms with Crippen molar-refractivity contribution >= 4 is 46.5 Å². The van der Waals surface area contributed by atoms with Crippen LogP contribution in [-0.4, -0.2) is 6.03 Å². The van der Waals surface area contributed by atoms with Crippen LogP contribution in [0.4, 0.5) is 10.5 Å². The molecule has 2 N–H and O–H groups in total. The number of halogens is 3. The number of para-hydroxylation sites is 1. The van der Waals surface area contributed by atoms with Crippen LogP contribution in [0.15, 0.2) is 42.5 Å². The maximum atomic E-state index is 11.8. The van der Waals surface area contributed by atoms with Gasteiger partial charge in [0.15, 0.2) is 0 Å². The molecule has 0 heterocycles. The third kappa shape index (κ3) is 4.04. The van der Waals surface area contributed by atoms with E-state index in [1.54, 1.807) is 30.3 Å². The Hall–Kier alpha value is -1.42. The predicted molar refractivity (Wildman–Crippen MR) is 83.8 cm³/mol. The Kier molecular flexibility index (Phi) is 5.12. The zero-order chi connectivity index (χ0) is 14.5. The molecule has 6 heteroatoms. The van der Waals surface area contributed by atoms with Crippen molar-refractivity contribution in [3.8, 4) is 0 Å². The Labute approximate surface area is 131 Å². The average molecular weight is 330 g/mol. The van der Waals surface area contributed by atoms with Crippen LogP contribution < -0.4 is 10.6 Å². The highest BCUT2D eigenvalue weighted by molar-refractivity contribution is 6.39. The Morgan fingerprint density at radius 3 is 2.15 bits per heavy atom. The smallest absolute Gasteiger partial charge is 0.319 e. The molecule has 0 fully saturated rings. The van der Waals surface area contributed by atoms with Crippen molar-refractivity contribution in [2.45, 2.75) is 6.54 Å². The highest BCUT2D eigenvalue weighted by Crippen LogP contribution is 2.29. The molecule has 3 nitrogen and oxygen atoms in total. The topological polar surface area (TPSA) is 41.1 Å². The highest BCUT2D eigenvalue weighted by Gasteiger charge is 2.08. The van der Waals surface area contributed by atoms with Gasteiger partial charge >= 0.3 is 6.03 Å². The van der Waals surface area contributed by atoms with Gasteiger partial charge in [0.2, 0.25) is 0 Å². The fourth-order valence-corrected chi connectivity index (χ4v) is 2.18. The molecule has 2 aromatic rings. The van der Waals surface area contributed by atoms with Crippen molar-refractivity contribution in [1.29, 1.82) is 0 Å². The van der Waals surface area contributed by atoms with Crippen LogP contribution in [-0.2, 0) is 6.54 Å². The normalized spacial score (nSPS) is 10.2. The Morgan fingerprint density at radius 1 is 0.950 bits per heavy atom. The van der Waals surface area contributed by atoms with Gasteiger partial charge in [-0.15, -0.1) is 0 Å². The van der Waals surface area contributed by atoms with Gasteiger partial charge in [0.25, 0.3) is 0 Å². The number of carbonyl (C=O) groups is 1. The minimum Gasteiger partial charge on any atom is -0.334 e. The lowest BCUT2D eigenvalue weighted by molar-refractivity contribution is 0.251. The van der Waals surface area contributed by atoms with E-state index in [2.05, 4.69) is 10.6 Å². The summed E-state index contributed by atoms with van der Waals surface area (Å²) in [6.07, 6.45) is 0. The second-order valence-corrected chi connectivity index (χ2v) is 5.28. The van der Waals surface area contributed by atoms with Gasteiger partial charge in [-0.25, -0.2) is 4.79 Å². The molecule has 0 aliphatic carbocycles. The summed E-state index contributed by atoms with van der Waals surface area (Å²) in [5, 5.41) is 6.76. The average Bonchev–Trinajstić information content (AvgIpc) is 2.42. The molecule has 0 unspecified atom stereocenters. The summed E-state index contributed by atoms with van der Waals surface area (Å²) in [6, 6.07) is 11.8. The van der Waals surface area contributed by atoms with Crippen molar-refractivity contribution in [2.75, 3.05) is 5.32 Å². The molecule has 2 rings (SSSR count). The van der Waals surface area contributed by atoms with E-state index in [0.29, 0.717) is 27.3 Å². The Morgan fingerprint density at radius 2 is 1.55 bits per heavy atom.